The van der Waals surface area contributed by atoms with Crippen LogP contribution in [0.1, 0.15) is 50.6 Å². The van der Waals surface area contributed by atoms with Gasteiger partial charge in [-0.25, -0.2) is 0 Å². The molecule has 1 unspecified atom stereocenters. The number of nitrogens with one attached hydrogen (secondary N) is 1. The third-order valence-corrected chi connectivity index (χ3v) is 5.77. The van der Waals surface area contributed by atoms with Gasteiger partial charge in [0.05, 0.1) is 0 Å². The maximum absolute atomic E-state index is 5.51. The predicted molar refractivity (Wildman–Crippen MR) is 88.3 cm³/mol. The van der Waals surface area contributed by atoms with Crippen LogP contribution in [0, 0.1) is 0 Å². The summed E-state index contributed by atoms with van der Waals surface area (Å²) >= 11 is 2.14. The maximum atomic E-state index is 5.51. The molecular weight excluding hydrogens is 282 g/mol. The zero-order chi connectivity index (χ0) is 14.5. The molecule has 21 heavy (non-hydrogen) atoms. The first-order valence-electron chi connectivity index (χ1n) is 8.11. The van der Waals surface area contributed by atoms with Crippen LogP contribution in [0.25, 0.3) is 0 Å². The summed E-state index contributed by atoms with van der Waals surface area (Å²) in [6.45, 7) is 3.51. The highest BCUT2D eigenvalue weighted by molar-refractivity contribution is 7.99. The van der Waals surface area contributed by atoms with Gasteiger partial charge in [-0.2, -0.15) is 11.8 Å². The van der Waals surface area contributed by atoms with Gasteiger partial charge in [-0.1, -0.05) is 32.3 Å². The maximum Gasteiger partial charge on any atom is 0.231 e. The molecule has 0 bridgehead atoms. The highest BCUT2D eigenvalue weighted by atomic mass is 32.2. The average molecular weight is 307 g/mol. The van der Waals surface area contributed by atoms with Crippen molar-refractivity contribution in [3.63, 3.8) is 0 Å². The third kappa shape index (κ3) is 3.86. The normalized spacial score (nSPS) is 19.7. The van der Waals surface area contributed by atoms with Crippen molar-refractivity contribution >= 4 is 11.8 Å². The summed E-state index contributed by atoms with van der Waals surface area (Å²) in [6.07, 6.45) is 7.03. The largest absolute Gasteiger partial charge is 0.454 e. The minimum Gasteiger partial charge on any atom is -0.454 e. The Balaban J connectivity index is 1.63. The molecule has 2 aliphatic rings. The predicted octanol–water partition coefficient (Wildman–Crippen LogP) is 4.13. The smallest absolute Gasteiger partial charge is 0.231 e. The number of hydrogen-bond donors (Lipinski definition) is 1. The van der Waals surface area contributed by atoms with Gasteiger partial charge in [0.25, 0.3) is 0 Å². The number of hydrogen-bond acceptors (Lipinski definition) is 4. The zero-order valence-electron chi connectivity index (χ0n) is 12.8. The number of thioether (sulfide) groups is 1. The van der Waals surface area contributed by atoms with Crippen LogP contribution in [0.2, 0.25) is 0 Å². The summed E-state index contributed by atoms with van der Waals surface area (Å²) in [5.41, 5.74) is 1.31. The van der Waals surface area contributed by atoms with Crippen LogP contribution in [0.3, 0.4) is 0 Å². The summed E-state index contributed by atoms with van der Waals surface area (Å²) in [5, 5.41) is 4.47. The summed E-state index contributed by atoms with van der Waals surface area (Å²) in [4.78, 5) is 0. The van der Waals surface area contributed by atoms with Crippen molar-refractivity contribution in [2.24, 2.45) is 0 Å². The minimum atomic E-state index is 0.349. The molecule has 3 rings (SSSR count). The molecule has 0 spiro atoms. The first-order chi connectivity index (χ1) is 10.4. The first kappa shape index (κ1) is 15.0. The van der Waals surface area contributed by atoms with Gasteiger partial charge in [-0.15, -0.1) is 0 Å². The molecule has 3 nitrogen and oxygen atoms in total. The van der Waals surface area contributed by atoms with Gasteiger partial charge in [0.15, 0.2) is 11.5 Å². The molecule has 1 aromatic rings. The van der Waals surface area contributed by atoms with Crippen molar-refractivity contribution in [2.75, 3.05) is 19.1 Å². The van der Waals surface area contributed by atoms with Crippen LogP contribution >= 0.6 is 11.8 Å². The first-order valence-corrected chi connectivity index (χ1v) is 9.16. The molecule has 1 saturated carbocycles. The monoisotopic (exact) mass is 307 g/mol. The van der Waals surface area contributed by atoms with Crippen LogP contribution < -0.4 is 14.8 Å². The second kappa shape index (κ2) is 7.41. The van der Waals surface area contributed by atoms with E-state index in [1.165, 1.54) is 37.7 Å². The molecule has 0 amide bonds. The molecule has 116 valence electrons. The zero-order valence-corrected chi connectivity index (χ0v) is 13.6. The van der Waals surface area contributed by atoms with Gasteiger partial charge in [-0.05, 0) is 37.1 Å². The Morgan fingerprint density at radius 3 is 2.81 bits per heavy atom. The number of fused-ring (bicyclic) bond motifs is 1. The molecule has 1 aliphatic carbocycles. The Bertz CT molecular complexity index is 460. The van der Waals surface area contributed by atoms with Crippen molar-refractivity contribution in [2.45, 2.75) is 50.3 Å². The standard InChI is InChI=1S/C17H25NO2S/c1-2-18-15(11-21-14-6-4-3-5-7-14)13-8-9-16-17(10-13)20-12-19-16/h8-10,14-15,18H,2-7,11-12H2,1H3. The molecule has 1 heterocycles. The molecule has 1 fully saturated rings. The van der Waals surface area contributed by atoms with E-state index in [0.29, 0.717) is 12.8 Å². The Hall–Kier alpha value is -0.870. The highest BCUT2D eigenvalue weighted by Gasteiger charge is 2.20. The number of benzene rings is 1. The molecule has 0 saturated heterocycles. The van der Waals surface area contributed by atoms with E-state index in [0.717, 1.165) is 29.0 Å². The number of rotatable bonds is 6. The van der Waals surface area contributed by atoms with Crippen LogP contribution in [-0.4, -0.2) is 24.3 Å². The van der Waals surface area contributed by atoms with Crippen LogP contribution in [0.15, 0.2) is 18.2 Å². The number of ether oxygens (including phenoxy) is 2. The lowest BCUT2D eigenvalue weighted by molar-refractivity contribution is 0.174. The Morgan fingerprint density at radius 2 is 2.00 bits per heavy atom. The Morgan fingerprint density at radius 1 is 1.19 bits per heavy atom. The summed E-state index contributed by atoms with van der Waals surface area (Å²) in [6, 6.07) is 6.74. The van der Waals surface area contributed by atoms with E-state index >= 15 is 0 Å². The fourth-order valence-corrected chi connectivity index (χ4v) is 4.55. The van der Waals surface area contributed by atoms with Crippen LogP contribution in [0.5, 0.6) is 11.5 Å². The van der Waals surface area contributed by atoms with Crippen molar-refractivity contribution < 1.29 is 9.47 Å². The summed E-state index contributed by atoms with van der Waals surface area (Å²) in [5.74, 6) is 2.89. The van der Waals surface area contributed by atoms with E-state index < -0.39 is 0 Å². The molecular formula is C17H25NO2S. The Labute approximate surface area is 131 Å². The van der Waals surface area contributed by atoms with E-state index in [1.54, 1.807) is 0 Å². The van der Waals surface area contributed by atoms with Gasteiger partial charge in [0.2, 0.25) is 6.79 Å². The fraction of sp³-hybridized carbons (Fsp3) is 0.647. The van der Waals surface area contributed by atoms with E-state index in [-0.39, 0.29) is 0 Å². The Kier molecular flexibility index (Phi) is 5.31. The van der Waals surface area contributed by atoms with E-state index in [1.807, 2.05) is 6.07 Å². The average Bonchev–Trinajstić information content (AvgIpc) is 3.00. The van der Waals surface area contributed by atoms with Gasteiger partial charge >= 0.3 is 0 Å². The fourth-order valence-electron chi connectivity index (χ4n) is 3.11. The summed E-state index contributed by atoms with van der Waals surface area (Å²) < 4.78 is 10.9. The topological polar surface area (TPSA) is 30.5 Å². The molecule has 1 atom stereocenters. The summed E-state index contributed by atoms with van der Waals surface area (Å²) in [7, 11) is 0. The lowest BCUT2D eigenvalue weighted by Crippen LogP contribution is -2.24. The highest BCUT2D eigenvalue weighted by Crippen LogP contribution is 2.36. The lowest BCUT2D eigenvalue weighted by atomic mass is 10.0. The second-order valence-corrected chi connectivity index (χ2v) is 7.15. The second-order valence-electron chi connectivity index (χ2n) is 5.82. The molecule has 4 heteroatoms. The van der Waals surface area contributed by atoms with E-state index in [2.05, 4.69) is 36.1 Å². The molecule has 1 N–H and O–H groups in total. The minimum absolute atomic E-state index is 0.349. The van der Waals surface area contributed by atoms with Crippen LogP contribution in [-0.2, 0) is 0 Å². The van der Waals surface area contributed by atoms with Crippen molar-refractivity contribution in [3.8, 4) is 11.5 Å². The van der Waals surface area contributed by atoms with Gasteiger partial charge in [0, 0.05) is 17.0 Å². The van der Waals surface area contributed by atoms with Gasteiger partial charge < -0.3 is 14.8 Å². The van der Waals surface area contributed by atoms with E-state index in [9.17, 15) is 0 Å². The van der Waals surface area contributed by atoms with Crippen molar-refractivity contribution in [1.82, 2.24) is 5.32 Å². The van der Waals surface area contributed by atoms with Crippen molar-refractivity contribution in [3.05, 3.63) is 23.8 Å². The van der Waals surface area contributed by atoms with Gasteiger partial charge in [0.1, 0.15) is 0 Å². The SMILES string of the molecule is CCNC(CSC1CCCCC1)c1ccc2c(c1)OCO2. The lowest BCUT2D eigenvalue weighted by Gasteiger charge is -2.24. The third-order valence-electron chi connectivity index (χ3n) is 4.30. The van der Waals surface area contributed by atoms with E-state index in [4.69, 9.17) is 9.47 Å². The molecule has 1 aliphatic heterocycles. The molecule has 0 radical (unpaired) electrons. The van der Waals surface area contributed by atoms with Crippen LogP contribution in [0.4, 0.5) is 0 Å². The van der Waals surface area contributed by atoms with Crippen molar-refractivity contribution in [1.29, 1.82) is 0 Å². The molecule has 1 aromatic carbocycles. The van der Waals surface area contributed by atoms with Gasteiger partial charge in [-0.3, -0.25) is 0 Å². The quantitative estimate of drug-likeness (QED) is 0.856. The molecule has 0 aromatic heterocycles.